The van der Waals surface area contributed by atoms with Gasteiger partial charge in [0.1, 0.15) is 16.1 Å². The Bertz CT molecular complexity index is 942. The Morgan fingerprint density at radius 3 is 2.96 bits per heavy atom. The van der Waals surface area contributed by atoms with Crippen LogP contribution < -0.4 is 10.2 Å². The van der Waals surface area contributed by atoms with Crippen molar-refractivity contribution < 1.29 is 4.79 Å². The molecule has 1 N–H and O–H groups in total. The molecule has 0 radical (unpaired) electrons. The van der Waals surface area contributed by atoms with Crippen molar-refractivity contribution >= 4 is 61.8 Å². The van der Waals surface area contributed by atoms with Crippen molar-refractivity contribution in [3.8, 4) is 0 Å². The highest BCUT2D eigenvalue weighted by Crippen LogP contribution is 2.34. The molecule has 1 aromatic carbocycles. The van der Waals surface area contributed by atoms with Crippen LogP contribution in [0.2, 0.25) is 5.02 Å². The lowest BCUT2D eigenvalue weighted by atomic mass is 10.3. The van der Waals surface area contributed by atoms with Crippen LogP contribution in [-0.4, -0.2) is 39.7 Å². The van der Waals surface area contributed by atoms with Gasteiger partial charge in [0.15, 0.2) is 10.8 Å². The lowest BCUT2D eigenvalue weighted by molar-refractivity contribution is -0.113. The maximum Gasteiger partial charge on any atom is 0.234 e. The highest BCUT2D eigenvalue weighted by atomic mass is 35.5. The Balaban J connectivity index is 1.45. The topological polar surface area (TPSA) is 71.0 Å². The third kappa shape index (κ3) is 3.92. The van der Waals surface area contributed by atoms with Crippen LogP contribution in [0.25, 0.3) is 10.3 Å². The molecule has 2 aromatic heterocycles. The number of nitrogens with zero attached hydrogens (tertiary/aromatic N) is 4. The van der Waals surface area contributed by atoms with Crippen molar-refractivity contribution in [3.63, 3.8) is 0 Å². The van der Waals surface area contributed by atoms with Crippen molar-refractivity contribution in [1.82, 2.24) is 15.0 Å². The van der Waals surface area contributed by atoms with Crippen molar-refractivity contribution in [2.24, 2.45) is 0 Å². The fourth-order valence-corrected chi connectivity index (χ4v) is 4.90. The SMILES string of the molecule is O=C(CSc1ncnc2nc(N3CCCC3)sc12)Nc1cccc(Cl)c1. The molecule has 0 unspecified atom stereocenters. The molecule has 26 heavy (non-hydrogen) atoms. The van der Waals surface area contributed by atoms with E-state index in [0.29, 0.717) is 16.4 Å². The molecule has 9 heteroatoms. The molecule has 0 bridgehead atoms. The maximum absolute atomic E-state index is 12.2. The smallest absolute Gasteiger partial charge is 0.234 e. The Morgan fingerprint density at radius 2 is 2.15 bits per heavy atom. The van der Waals surface area contributed by atoms with E-state index < -0.39 is 0 Å². The van der Waals surface area contributed by atoms with Crippen LogP contribution in [0.5, 0.6) is 0 Å². The molecule has 1 fully saturated rings. The van der Waals surface area contributed by atoms with Crippen LogP contribution in [0.3, 0.4) is 0 Å². The van der Waals surface area contributed by atoms with Gasteiger partial charge in [0.2, 0.25) is 5.91 Å². The number of carbonyl (C=O) groups is 1. The number of fused-ring (bicyclic) bond motifs is 1. The number of rotatable bonds is 5. The predicted molar refractivity (Wildman–Crippen MR) is 107 cm³/mol. The van der Waals surface area contributed by atoms with E-state index in [1.54, 1.807) is 29.5 Å². The van der Waals surface area contributed by atoms with Gasteiger partial charge in [-0.05, 0) is 31.0 Å². The van der Waals surface area contributed by atoms with Gasteiger partial charge in [-0.15, -0.1) is 0 Å². The van der Waals surface area contributed by atoms with Gasteiger partial charge in [-0.3, -0.25) is 4.79 Å². The fourth-order valence-electron chi connectivity index (χ4n) is 2.77. The van der Waals surface area contributed by atoms with Crippen molar-refractivity contribution in [1.29, 1.82) is 0 Å². The minimum Gasteiger partial charge on any atom is -0.348 e. The Labute approximate surface area is 164 Å². The van der Waals surface area contributed by atoms with E-state index in [2.05, 4.69) is 25.2 Å². The lowest BCUT2D eigenvalue weighted by Gasteiger charge is -2.11. The van der Waals surface area contributed by atoms with E-state index in [-0.39, 0.29) is 11.7 Å². The van der Waals surface area contributed by atoms with E-state index in [4.69, 9.17) is 11.6 Å². The van der Waals surface area contributed by atoms with Gasteiger partial charge < -0.3 is 10.2 Å². The fraction of sp³-hybridized carbons (Fsp3) is 0.294. The third-order valence-corrected chi connectivity index (χ3v) is 6.44. The summed E-state index contributed by atoms with van der Waals surface area (Å²) in [6.07, 6.45) is 3.91. The summed E-state index contributed by atoms with van der Waals surface area (Å²) in [6, 6.07) is 7.10. The number of carbonyl (C=O) groups excluding carboxylic acids is 1. The Hall–Kier alpha value is -1.90. The van der Waals surface area contributed by atoms with Gasteiger partial charge >= 0.3 is 0 Å². The van der Waals surface area contributed by atoms with Gasteiger partial charge in [0, 0.05) is 23.8 Å². The Morgan fingerprint density at radius 1 is 1.31 bits per heavy atom. The monoisotopic (exact) mass is 405 g/mol. The van der Waals surface area contributed by atoms with E-state index in [1.165, 1.54) is 30.9 Å². The van der Waals surface area contributed by atoms with Crippen LogP contribution in [0.15, 0.2) is 35.6 Å². The first-order valence-corrected chi connectivity index (χ1v) is 10.4. The number of thioether (sulfide) groups is 1. The first-order valence-electron chi connectivity index (χ1n) is 8.24. The van der Waals surface area contributed by atoms with Crippen LogP contribution in [0, 0.1) is 0 Å². The number of hydrogen-bond donors (Lipinski definition) is 1. The Kier molecular flexibility index (Phi) is 5.23. The number of benzene rings is 1. The highest BCUT2D eigenvalue weighted by molar-refractivity contribution is 8.00. The second-order valence-electron chi connectivity index (χ2n) is 5.87. The quantitative estimate of drug-likeness (QED) is 0.509. The standard InChI is InChI=1S/C17H16ClN5OS2/c18-11-4-3-5-12(8-11)21-13(24)9-25-16-14-15(19-10-20-16)22-17(26-14)23-6-1-2-7-23/h3-5,8,10H,1-2,6-7,9H2,(H,21,24). The molecular formula is C17H16ClN5OS2. The minimum atomic E-state index is -0.103. The summed E-state index contributed by atoms with van der Waals surface area (Å²) < 4.78 is 0.940. The molecule has 0 saturated carbocycles. The first kappa shape index (κ1) is 17.5. The summed E-state index contributed by atoms with van der Waals surface area (Å²) in [6.45, 7) is 2.08. The van der Waals surface area contributed by atoms with Crippen molar-refractivity contribution in [2.45, 2.75) is 17.9 Å². The zero-order valence-corrected chi connectivity index (χ0v) is 16.2. The summed E-state index contributed by atoms with van der Waals surface area (Å²) >= 11 is 8.93. The van der Waals surface area contributed by atoms with Gasteiger partial charge in [-0.1, -0.05) is 40.8 Å². The van der Waals surface area contributed by atoms with Crippen LogP contribution in [0.4, 0.5) is 10.8 Å². The largest absolute Gasteiger partial charge is 0.348 e. The summed E-state index contributed by atoms with van der Waals surface area (Å²) in [7, 11) is 0. The number of aromatic nitrogens is 3. The summed E-state index contributed by atoms with van der Waals surface area (Å²) in [4.78, 5) is 27.7. The highest BCUT2D eigenvalue weighted by Gasteiger charge is 2.19. The second kappa shape index (κ2) is 7.77. The summed E-state index contributed by atoms with van der Waals surface area (Å²) in [5.74, 6) is 0.156. The molecule has 0 aliphatic carbocycles. The van der Waals surface area contributed by atoms with E-state index in [1.807, 2.05) is 6.07 Å². The van der Waals surface area contributed by atoms with Crippen molar-refractivity contribution in [2.75, 3.05) is 29.1 Å². The minimum absolute atomic E-state index is 0.103. The molecule has 0 atom stereocenters. The van der Waals surface area contributed by atoms with Gasteiger partial charge in [0.25, 0.3) is 0 Å². The third-order valence-electron chi connectivity index (χ3n) is 3.97. The summed E-state index contributed by atoms with van der Waals surface area (Å²) in [5.41, 5.74) is 1.38. The zero-order chi connectivity index (χ0) is 17.9. The molecule has 0 spiro atoms. The predicted octanol–water partition coefficient (Wildman–Crippen LogP) is 4.07. The normalized spacial score (nSPS) is 14.1. The average Bonchev–Trinajstić information content (AvgIpc) is 3.29. The average molecular weight is 406 g/mol. The van der Waals surface area contributed by atoms with Crippen molar-refractivity contribution in [3.05, 3.63) is 35.6 Å². The van der Waals surface area contributed by atoms with E-state index in [9.17, 15) is 4.79 Å². The molecule has 4 rings (SSSR count). The van der Waals surface area contributed by atoms with Crippen LogP contribution in [-0.2, 0) is 4.79 Å². The van der Waals surface area contributed by atoms with E-state index in [0.717, 1.165) is 27.9 Å². The number of hydrogen-bond acceptors (Lipinski definition) is 7. The molecule has 3 heterocycles. The summed E-state index contributed by atoms with van der Waals surface area (Å²) in [5, 5.41) is 5.21. The number of thiazole rings is 1. The van der Waals surface area contributed by atoms with Crippen LogP contribution >= 0.6 is 34.7 Å². The molecule has 1 aliphatic heterocycles. The van der Waals surface area contributed by atoms with Crippen LogP contribution in [0.1, 0.15) is 12.8 Å². The van der Waals surface area contributed by atoms with E-state index >= 15 is 0 Å². The molecule has 3 aromatic rings. The molecular weight excluding hydrogens is 390 g/mol. The number of nitrogens with one attached hydrogen (secondary N) is 1. The molecule has 6 nitrogen and oxygen atoms in total. The molecule has 1 saturated heterocycles. The molecule has 1 amide bonds. The molecule has 134 valence electrons. The lowest BCUT2D eigenvalue weighted by Crippen LogP contribution is -2.16. The zero-order valence-electron chi connectivity index (χ0n) is 13.8. The first-order chi connectivity index (χ1) is 12.7. The number of anilines is 2. The second-order valence-corrected chi connectivity index (χ2v) is 8.25. The van der Waals surface area contributed by atoms with Gasteiger partial charge in [0.05, 0.1) is 5.75 Å². The van der Waals surface area contributed by atoms with Gasteiger partial charge in [-0.2, -0.15) is 4.98 Å². The maximum atomic E-state index is 12.2. The van der Waals surface area contributed by atoms with Gasteiger partial charge in [-0.25, -0.2) is 9.97 Å². The number of amides is 1. The number of halogens is 1. The molecule has 1 aliphatic rings.